The number of aryl methyl sites for hydroxylation is 1. The number of aldehydes is 1. The Hall–Kier alpha value is -6.85. The van der Waals surface area contributed by atoms with Crippen LogP contribution in [0.25, 0.3) is 79.2 Å². The minimum atomic E-state index is -0.139. The summed E-state index contributed by atoms with van der Waals surface area (Å²) >= 11 is 0. The number of carbonyl (C=O) groups excluding carboxylic acids is 1. The third-order valence-corrected chi connectivity index (χ3v) is 15.2. The average molecular weight is 993 g/mol. The van der Waals surface area contributed by atoms with Gasteiger partial charge in [0.05, 0.1) is 33.9 Å². The first-order valence-electron chi connectivity index (χ1n) is 27.0. The van der Waals surface area contributed by atoms with Gasteiger partial charge in [-0.15, -0.1) is 0 Å². The molecule has 386 valence electrons. The molecule has 75 heavy (non-hydrogen) atoms. The number of nitrogens with zero attached hydrogens (tertiary/aromatic N) is 2. The van der Waals surface area contributed by atoms with Gasteiger partial charge in [-0.25, -0.2) is 9.97 Å². The Morgan fingerprint density at radius 1 is 0.387 bits per heavy atom. The van der Waals surface area contributed by atoms with Gasteiger partial charge >= 0.3 is 0 Å². The van der Waals surface area contributed by atoms with Crippen molar-refractivity contribution in [2.24, 2.45) is 0 Å². The van der Waals surface area contributed by atoms with Crippen molar-refractivity contribution >= 4 is 52.2 Å². The first kappa shape index (κ1) is 53.0. The summed E-state index contributed by atoms with van der Waals surface area (Å²) in [6.45, 7) is 43.3. The topological polar surface area (TPSA) is 74.4 Å². The minimum absolute atomic E-state index is 0.118. The summed E-state index contributed by atoms with van der Waals surface area (Å²) < 4.78 is 0. The predicted molar refractivity (Wildman–Crippen MR) is 322 cm³/mol. The predicted octanol–water partition coefficient (Wildman–Crippen LogP) is 19.0. The molecule has 2 aliphatic heterocycles. The number of H-pyrrole nitrogens is 2. The maximum Gasteiger partial charge on any atom is 0.154 e. The van der Waals surface area contributed by atoms with Gasteiger partial charge in [0.1, 0.15) is 0 Å². The normalized spacial score (nSPS) is 13.6. The molecule has 0 aliphatic carbocycles. The van der Waals surface area contributed by atoms with Crippen molar-refractivity contribution in [2.75, 3.05) is 0 Å². The lowest BCUT2D eigenvalue weighted by Gasteiger charge is -2.26. The molecular weight excluding hydrogens is 913 g/mol. The van der Waals surface area contributed by atoms with Gasteiger partial charge in [0.2, 0.25) is 0 Å². The zero-order chi connectivity index (χ0) is 54.5. The van der Waals surface area contributed by atoms with E-state index in [0.29, 0.717) is 16.8 Å². The summed E-state index contributed by atoms with van der Waals surface area (Å²) in [6, 6.07) is 38.4. The number of aromatic nitrogens is 4. The molecule has 0 radical (unpaired) electrons. The fraction of sp³-hybridized carbons (Fsp3) is 0.357. The molecule has 0 saturated heterocycles. The Kier molecular flexibility index (Phi) is 13.0. The third-order valence-electron chi connectivity index (χ3n) is 15.2. The summed E-state index contributed by atoms with van der Waals surface area (Å²) in [7, 11) is 0. The van der Waals surface area contributed by atoms with E-state index in [0.717, 1.165) is 90.0 Å². The zero-order valence-electron chi connectivity index (χ0n) is 48.4. The SMILES string of the molecule is Cc1cccc(C2=Cc3nc2c(C=O)c2ccc([nH]2)c(-c2cc(C(C)(C)C)cc(C(C)(C)C)c2)c2nc(c(-c4cc(C(C)(C)C)cc(C(C)(C)C)c4)c4ccc([nH]4)c3-c3cc(C(C)(C)C)cc(C(C)(C)C)c3)C=C2)c1. The summed E-state index contributed by atoms with van der Waals surface area (Å²) in [5.74, 6) is 0. The maximum absolute atomic E-state index is 14.0. The first-order valence-corrected chi connectivity index (χ1v) is 27.0. The van der Waals surface area contributed by atoms with Crippen LogP contribution in [0.4, 0.5) is 0 Å². The minimum Gasteiger partial charge on any atom is -0.354 e. The second kappa shape index (κ2) is 18.5. The Balaban J connectivity index is 1.55. The molecule has 0 unspecified atom stereocenters. The number of nitrogens with one attached hydrogen (secondary N) is 2. The van der Waals surface area contributed by atoms with Gasteiger partial charge in [-0.2, -0.15) is 0 Å². The second-order valence-electron chi connectivity index (χ2n) is 27.6. The lowest BCUT2D eigenvalue weighted by molar-refractivity contribution is 0.112. The fourth-order valence-corrected chi connectivity index (χ4v) is 10.3. The van der Waals surface area contributed by atoms with Crippen LogP contribution in [-0.2, 0) is 32.5 Å². The highest BCUT2D eigenvalue weighted by atomic mass is 16.1. The van der Waals surface area contributed by atoms with Gasteiger partial charge in [-0.05, 0) is 138 Å². The zero-order valence-corrected chi connectivity index (χ0v) is 48.4. The Labute approximate surface area is 448 Å². The Morgan fingerprint density at radius 3 is 1.08 bits per heavy atom. The molecule has 0 spiro atoms. The first-order chi connectivity index (χ1) is 34.8. The van der Waals surface area contributed by atoms with E-state index in [1.165, 1.54) is 33.4 Å². The molecule has 7 aromatic rings. The van der Waals surface area contributed by atoms with Gasteiger partial charge in [-0.1, -0.05) is 209 Å². The second-order valence-corrected chi connectivity index (χ2v) is 27.6. The number of carbonyl (C=O) groups is 1. The van der Waals surface area contributed by atoms with E-state index in [2.05, 4.69) is 257 Å². The molecule has 9 rings (SSSR count). The number of hydrogen-bond acceptors (Lipinski definition) is 3. The highest BCUT2D eigenvalue weighted by molar-refractivity contribution is 6.05. The van der Waals surface area contributed by atoms with E-state index in [-0.39, 0.29) is 32.5 Å². The van der Waals surface area contributed by atoms with Crippen LogP contribution in [0.1, 0.15) is 202 Å². The summed E-state index contributed by atoms with van der Waals surface area (Å²) in [5, 5.41) is 0. The van der Waals surface area contributed by atoms with E-state index >= 15 is 0 Å². The van der Waals surface area contributed by atoms with Crippen LogP contribution in [0.3, 0.4) is 0 Å². The summed E-state index contributed by atoms with van der Waals surface area (Å²) in [4.78, 5) is 33.3. The summed E-state index contributed by atoms with van der Waals surface area (Å²) in [5.41, 5.74) is 22.9. The number of aromatic amines is 2. The van der Waals surface area contributed by atoms with E-state index < -0.39 is 0 Å². The van der Waals surface area contributed by atoms with Crippen LogP contribution in [0, 0.1) is 6.92 Å². The quantitative estimate of drug-likeness (QED) is 0.169. The van der Waals surface area contributed by atoms with Crippen LogP contribution in [-0.4, -0.2) is 26.2 Å². The molecule has 0 fully saturated rings. The van der Waals surface area contributed by atoms with Gasteiger partial charge in [-0.3, -0.25) is 4.79 Å². The molecule has 0 atom stereocenters. The van der Waals surface area contributed by atoms with Crippen LogP contribution < -0.4 is 0 Å². The van der Waals surface area contributed by atoms with Crippen LogP contribution >= 0.6 is 0 Å². The molecule has 4 aromatic carbocycles. The average Bonchev–Trinajstić information content (AvgIpc) is 4.15. The van der Waals surface area contributed by atoms with Crippen molar-refractivity contribution in [3.63, 3.8) is 0 Å². The van der Waals surface area contributed by atoms with E-state index in [4.69, 9.17) is 9.97 Å². The van der Waals surface area contributed by atoms with Gasteiger partial charge in [0.15, 0.2) is 6.29 Å². The molecule has 0 amide bonds. The molecule has 8 bridgehead atoms. The van der Waals surface area contributed by atoms with E-state index in [1.807, 2.05) is 6.07 Å². The largest absolute Gasteiger partial charge is 0.354 e. The summed E-state index contributed by atoms with van der Waals surface area (Å²) in [6.07, 6.45) is 7.55. The maximum atomic E-state index is 14.0. The van der Waals surface area contributed by atoms with Crippen LogP contribution in [0.5, 0.6) is 0 Å². The third kappa shape index (κ3) is 10.6. The Morgan fingerprint density at radius 2 is 0.733 bits per heavy atom. The monoisotopic (exact) mass is 993 g/mol. The molecule has 5 heteroatoms. The lowest BCUT2D eigenvalue weighted by atomic mass is 9.78. The van der Waals surface area contributed by atoms with Gasteiger partial charge in [0, 0.05) is 38.8 Å². The van der Waals surface area contributed by atoms with Crippen molar-refractivity contribution in [1.29, 1.82) is 0 Å². The van der Waals surface area contributed by atoms with Crippen LogP contribution in [0.2, 0.25) is 0 Å². The van der Waals surface area contributed by atoms with Crippen molar-refractivity contribution in [1.82, 2.24) is 19.9 Å². The highest BCUT2D eigenvalue weighted by Crippen LogP contribution is 2.44. The fourth-order valence-electron chi connectivity index (χ4n) is 10.3. The number of rotatable bonds is 5. The number of fused-ring (bicyclic) bond motifs is 8. The molecule has 3 aromatic heterocycles. The standard InChI is InChI=1S/C70H80N4O/c1-41-21-20-22-42(29-41)52-39-60-63(45-34-50(69(14,15)16)38-51(35-45)70(17,18)19)59-28-27-58(73-59)62(44-32-48(67(8,9)10)37-49(33-44)68(11,12)13)57-26-25-56(72-57)61(55-24-23-54(71-55)53(40-75)64(52)74-60)43-30-46(65(2,3)4)36-47(31-43)66(5,6)7/h20-40,71,73H,1-19H3. The number of benzene rings is 4. The Bertz CT molecular complexity index is 3570. The highest BCUT2D eigenvalue weighted by Gasteiger charge is 2.29. The molecule has 2 N–H and O–H groups in total. The van der Waals surface area contributed by atoms with Crippen molar-refractivity contribution < 1.29 is 4.79 Å². The van der Waals surface area contributed by atoms with Crippen LogP contribution in [0.15, 0.2) is 103 Å². The smallest absolute Gasteiger partial charge is 0.154 e. The van der Waals surface area contributed by atoms with Crippen molar-refractivity contribution in [3.8, 4) is 33.4 Å². The molecule has 5 nitrogen and oxygen atoms in total. The van der Waals surface area contributed by atoms with Gasteiger partial charge in [0.25, 0.3) is 0 Å². The number of hydrogen-bond donors (Lipinski definition) is 2. The van der Waals surface area contributed by atoms with Crippen molar-refractivity contribution in [2.45, 2.75) is 164 Å². The molecule has 2 aliphatic rings. The lowest BCUT2D eigenvalue weighted by Crippen LogP contribution is -2.16. The molecule has 5 heterocycles. The van der Waals surface area contributed by atoms with Crippen molar-refractivity contribution in [3.05, 3.63) is 176 Å². The van der Waals surface area contributed by atoms with Gasteiger partial charge < -0.3 is 9.97 Å². The molecular formula is C70H80N4O. The van der Waals surface area contributed by atoms with E-state index in [9.17, 15) is 4.79 Å². The van der Waals surface area contributed by atoms with E-state index in [1.54, 1.807) is 0 Å². The molecule has 0 saturated carbocycles.